The lowest BCUT2D eigenvalue weighted by atomic mass is 9.88. The number of carbonyl (C=O) groups excluding carboxylic acids is 1. The number of Topliss-reactive ketones (excluding diaryl/α,β-unsaturated/α-hetero) is 1. The second kappa shape index (κ2) is 5.99. The zero-order chi connectivity index (χ0) is 14.8. The molecule has 1 aliphatic heterocycles. The molecule has 0 radical (unpaired) electrons. The highest BCUT2D eigenvalue weighted by molar-refractivity contribution is 5.98. The van der Waals surface area contributed by atoms with E-state index < -0.39 is 0 Å². The fraction of sp³-hybridized carbons (Fsp3) is 0.611. The molecule has 0 amide bonds. The molecule has 0 saturated heterocycles. The van der Waals surface area contributed by atoms with Gasteiger partial charge in [0.2, 0.25) is 0 Å². The van der Waals surface area contributed by atoms with E-state index in [0.29, 0.717) is 5.78 Å². The van der Waals surface area contributed by atoms with Crippen molar-refractivity contribution < 1.29 is 9.53 Å². The van der Waals surface area contributed by atoms with Crippen LogP contribution < -0.4 is 4.74 Å². The van der Waals surface area contributed by atoms with Crippen LogP contribution in [0, 0.1) is 5.92 Å². The Balaban J connectivity index is 2.20. The molecular formula is C18H26O2. The number of ketones is 1. The van der Waals surface area contributed by atoms with Crippen LogP contribution in [0.15, 0.2) is 18.2 Å². The summed E-state index contributed by atoms with van der Waals surface area (Å²) in [6, 6.07) is 5.94. The van der Waals surface area contributed by atoms with Crippen molar-refractivity contribution in [2.45, 2.75) is 65.4 Å². The molecule has 0 atom stereocenters. The summed E-state index contributed by atoms with van der Waals surface area (Å²) in [5, 5.41) is 0. The standard InChI is InChI=1S/C18H26O2/c1-5-7-13(8-6-2)17(19)14-9-10-16-15(11-14)12-18(3,4)20-16/h9-11,13H,5-8,12H2,1-4H3. The molecule has 0 spiro atoms. The molecule has 20 heavy (non-hydrogen) atoms. The molecule has 0 N–H and O–H groups in total. The highest BCUT2D eigenvalue weighted by Gasteiger charge is 2.31. The molecule has 1 aromatic rings. The molecule has 0 aromatic heterocycles. The van der Waals surface area contributed by atoms with Gasteiger partial charge in [0.15, 0.2) is 5.78 Å². The normalized spacial score (nSPS) is 16.1. The Bertz CT molecular complexity index is 482. The second-order valence-corrected chi connectivity index (χ2v) is 6.50. The fourth-order valence-corrected chi connectivity index (χ4v) is 3.10. The summed E-state index contributed by atoms with van der Waals surface area (Å²) in [6.07, 6.45) is 5.00. The minimum absolute atomic E-state index is 0.143. The van der Waals surface area contributed by atoms with E-state index in [4.69, 9.17) is 4.74 Å². The predicted molar refractivity (Wildman–Crippen MR) is 82.5 cm³/mol. The SMILES string of the molecule is CCCC(CCC)C(=O)c1ccc2c(c1)CC(C)(C)O2. The van der Waals surface area contributed by atoms with Gasteiger partial charge in [0.25, 0.3) is 0 Å². The smallest absolute Gasteiger partial charge is 0.165 e. The van der Waals surface area contributed by atoms with Crippen LogP contribution in [0.25, 0.3) is 0 Å². The molecule has 0 fully saturated rings. The number of hydrogen-bond acceptors (Lipinski definition) is 2. The van der Waals surface area contributed by atoms with Crippen molar-refractivity contribution in [3.05, 3.63) is 29.3 Å². The lowest BCUT2D eigenvalue weighted by Crippen LogP contribution is -2.24. The Labute approximate surface area is 122 Å². The van der Waals surface area contributed by atoms with Gasteiger partial charge in [-0.2, -0.15) is 0 Å². The first kappa shape index (κ1) is 15.1. The maximum Gasteiger partial charge on any atom is 0.165 e. The van der Waals surface area contributed by atoms with Crippen LogP contribution in [0.5, 0.6) is 5.75 Å². The van der Waals surface area contributed by atoms with Gasteiger partial charge < -0.3 is 4.74 Å². The molecule has 110 valence electrons. The van der Waals surface area contributed by atoms with E-state index >= 15 is 0 Å². The van der Waals surface area contributed by atoms with Gasteiger partial charge in [-0.15, -0.1) is 0 Å². The van der Waals surface area contributed by atoms with Gasteiger partial charge in [-0.05, 0) is 50.5 Å². The topological polar surface area (TPSA) is 26.3 Å². The quantitative estimate of drug-likeness (QED) is 0.696. The molecular weight excluding hydrogens is 248 g/mol. The van der Waals surface area contributed by atoms with Crippen LogP contribution >= 0.6 is 0 Å². The number of rotatable bonds is 6. The average molecular weight is 274 g/mol. The first-order chi connectivity index (χ1) is 9.46. The van der Waals surface area contributed by atoms with Crippen molar-refractivity contribution in [3.63, 3.8) is 0 Å². The maximum atomic E-state index is 12.6. The lowest BCUT2D eigenvalue weighted by Gasteiger charge is -2.16. The first-order valence-electron chi connectivity index (χ1n) is 7.83. The van der Waals surface area contributed by atoms with Crippen LogP contribution in [-0.4, -0.2) is 11.4 Å². The molecule has 2 rings (SSSR count). The molecule has 2 heteroatoms. The van der Waals surface area contributed by atoms with Crippen molar-refractivity contribution >= 4 is 5.78 Å². The Morgan fingerprint density at radius 1 is 1.25 bits per heavy atom. The number of hydrogen-bond donors (Lipinski definition) is 0. The van der Waals surface area contributed by atoms with E-state index in [1.807, 2.05) is 18.2 Å². The van der Waals surface area contributed by atoms with Gasteiger partial charge >= 0.3 is 0 Å². The Kier molecular flexibility index (Phi) is 4.52. The third-order valence-electron chi connectivity index (χ3n) is 3.99. The number of ether oxygens (including phenoxy) is 1. The van der Waals surface area contributed by atoms with E-state index in [1.165, 1.54) is 5.56 Å². The summed E-state index contributed by atoms with van der Waals surface area (Å²) in [5.74, 6) is 1.42. The van der Waals surface area contributed by atoms with Crippen molar-refractivity contribution in [3.8, 4) is 5.75 Å². The van der Waals surface area contributed by atoms with Crippen LogP contribution in [0.4, 0.5) is 0 Å². The van der Waals surface area contributed by atoms with Crippen molar-refractivity contribution in [1.29, 1.82) is 0 Å². The van der Waals surface area contributed by atoms with E-state index in [-0.39, 0.29) is 11.5 Å². The van der Waals surface area contributed by atoms with Crippen LogP contribution in [-0.2, 0) is 6.42 Å². The molecule has 1 heterocycles. The largest absolute Gasteiger partial charge is 0.487 e. The molecule has 0 bridgehead atoms. The summed E-state index contributed by atoms with van der Waals surface area (Å²) in [6.45, 7) is 8.47. The fourth-order valence-electron chi connectivity index (χ4n) is 3.10. The van der Waals surface area contributed by atoms with Crippen molar-refractivity contribution in [1.82, 2.24) is 0 Å². The highest BCUT2D eigenvalue weighted by Crippen LogP contribution is 2.35. The van der Waals surface area contributed by atoms with Gasteiger partial charge in [0.1, 0.15) is 11.4 Å². The van der Waals surface area contributed by atoms with Gasteiger partial charge in [-0.1, -0.05) is 26.7 Å². The monoisotopic (exact) mass is 274 g/mol. The van der Waals surface area contributed by atoms with E-state index in [1.54, 1.807) is 0 Å². The Morgan fingerprint density at radius 2 is 1.90 bits per heavy atom. The Morgan fingerprint density at radius 3 is 2.50 bits per heavy atom. The average Bonchev–Trinajstić information content (AvgIpc) is 2.70. The highest BCUT2D eigenvalue weighted by atomic mass is 16.5. The summed E-state index contributed by atoms with van der Waals surface area (Å²) < 4.78 is 5.87. The van der Waals surface area contributed by atoms with E-state index in [2.05, 4.69) is 27.7 Å². The zero-order valence-corrected chi connectivity index (χ0v) is 13.2. The van der Waals surface area contributed by atoms with Crippen molar-refractivity contribution in [2.24, 2.45) is 5.92 Å². The summed E-state index contributed by atoms with van der Waals surface area (Å²) in [5.41, 5.74) is 1.89. The van der Waals surface area contributed by atoms with Crippen LogP contribution in [0.2, 0.25) is 0 Å². The summed E-state index contributed by atoms with van der Waals surface area (Å²) in [4.78, 5) is 12.6. The lowest BCUT2D eigenvalue weighted by molar-refractivity contribution is 0.0905. The molecule has 1 aliphatic rings. The van der Waals surface area contributed by atoms with Gasteiger partial charge in [0, 0.05) is 17.9 Å². The van der Waals surface area contributed by atoms with Crippen molar-refractivity contribution in [2.75, 3.05) is 0 Å². The van der Waals surface area contributed by atoms with Gasteiger partial charge in [-0.25, -0.2) is 0 Å². The van der Waals surface area contributed by atoms with Crippen LogP contribution in [0.3, 0.4) is 0 Å². The van der Waals surface area contributed by atoms with Crippen LogP contribution in [0.1, 0.15) is 69.3 Å². The molecule has 0 saturated carbocycles. The zero-order valence-electron chi connectivity index (χ0n) is 13.2. The van der Waals surface area contributed by atoms with Gasteiger partial charge in [0.05, 0.1) is 0 Å². The molecule has 0 aliphatic carbocycles. The van der Waals surface area contributed by atoms with E-state index in [0.717, 1.165) is 43.4 Å². The Hall–Kier alpha value is -1.31. The van der Waals surface area contributed by atoms with E-state index in [9.17, 15) is 4.79 Å². The predicted octanol–water partition coefficient (Wildman–Crippen LogP) is 4.80. The third-order valence-corrected chi connectivity index (χ3v) is 3.99. The minimum Gasteiger partial charge on any atom is -0.487 e. The summed E-state index contributed by atoms with van der Waals surface area (Å²) >= 11 is 0. The molecule has 0 unspecified atom stereocenters. The summed E-state index contributed by atoms with van der Waals surface area (Å²) in [7, 11) is 0. The molecule has 2 nitrogen and oxygen atoms in total. The number of carbonyl (C=O) groups is 1. The number of benzene rings is 1. The minimum atomic E-state index is -0.143. The maximum absolute atomic E-state index is 12.6. The number of fused-ring (bicyclic) bond motifs is 1. The van der Waals surface area contributed by atoms with Gasteiger partial charge in [-0.3, -0.25) is 4.79 Å². The second-order valence-electron chi connectivity index (χ2n) is 6.50. The molecule has 1 aromatic carbocycles. The first-order valence-corrected chi connectivity index (χ1v) is 7.83. The third kappa shape index (κ3) is 3.23.